The Bertz CT molecular complexity index is 209. The van der Waals surface area contributed by atoms with E-state index in [4.69, 9.17) is 16.4 Å². The molecule has 4 nitrogen and oxygen atoms in total. The second-order valence-electron chi connectivity index (χ2n) is 2.67. The molecule has 0 atom stereocenters. The molecule has 0 heterocycles. The van der Waals surface area contributed by atoms with E-state index in [2.05, 4.69) is 5.32 Å². The number of hydrogen-bond acceptors (Lipinski definition) is 3. The summed E-state index contributed by atoms with van der Waals surface area (Å²) in [6, 6.07) is 2.04. The summed E-state index contributed by atoms with van der Waals surface area (Å²) in [4.78, 5) is 0. The molecule has 0 saturated heterocycles. The fraction of sp³-hybridized carbons (Fsp3) is 0.429. The van der Waals surface area contributed by atoms with Crippen molar-refractivity contribution in [2.24, 2.45) is 5.73 Å². The summed E-state index contributed by atoms with van der Waals surface area (Å²) in [5.41, 5.74) is 4.43. The molecule has 0 amide bonds. The topological polar surface area (TPSA) is 85.7 Å². The molecule has 0 radical (unpaired) electrons. The minimum absolute atomic E-state index is 0.0359. The summed E-state index contributed by atoms with van der Waals surface area (Å²) >= 11 is 0. The molecule has 4 heteroatoms. The van der Waals surface area contributed by atoms with Crippen molar-refractivity contribution in [2.45, 2.75) is 19.4 Å². The number of nitrogens with zero attached hydrogens (tertiary/aromatic N) is 1. The van der Waals surface area contributed by atoms with Crippen LogP contribution in [0.15, 0.2) is 12.3 Å². The molecule has 0 rings (SSSR count). The first-order valence-corrected chi connectivity index (χ1v) is 3.17. The molecular weight excluding hydrogens is 140 g/mol. The molecule has 4 N–H and O–H groups in total. The average Bonchev–Trinajstić information content (AvgIpc) is 1.87. The van der Waals surface area contributed by atoms with Gasteiger partial charge >= 0.3 is 0 Å². The third kappa shape index (κ3) is 4.97. The van der Waals surface area contributed by atoms with Crippen molar-refractivity contribution in [1.29, 1.82) is 10.7 Å². The van der Waals surface area contributed by atoms with Crippen molar-refractivity contribution < 1.29 is 0 Å². The number of hydrogen-bond donors (Lipinski definition) is 3. The lowest BCUT2D eigenvalue weighted by Crippen LogP contribution is -2.33. The van der Waals surface area contributed by atoms with Crippen LogP contribution in [0.2, 0.25) is 0 Å². The van der Waals surface area contributed by atoms with Crippen molar-refractivity contribution >= 4 is 5.84 Å². The quantitative estimate of drug-likeness (QED) is 0.402. The number of rotatable bonds is 3. The molecule has 11 heavy (non-hydrogen) atoms. The summed E-state index contributed by atoms with van der Waals surface area (Å²) in [5, 5.41) is 18.1. The van der Waals surface area contributed by atoms with Crippen molar-refractivity contribution in [1.82, 2.24) is 5.32 Å². The van der Waals surface area contributed by atoms with Crippen LogP contribution in [0.25, 0.3) is 0 Å². The summed E-state index contributed by atoms with van der Waals surface area (Å²) in [6.45, 7) is 3.47. The molecule has 0 aliphatic rings. The lowest BCUT2D eigenvalue weighted by Gasteiger charge is -2.14. The van der Waals surface area contributed by atoms with Crippen LogP contribution in [0.3, 0.4) is 0 Å². The van der Waals surface area contributed by atoms with Crippen molar-refractivity contribution in [2.75, 3.05) is 0 Å². The molecule has 0 aliphatic heterocycles. The maximum Gasteiger partial charge on any atom is 0.119 e. The zero-order valence-corrected chi connectivity index (χ0v) is 6.68. The Labute approximate surface area is 66.2 Å². The van der Waals surface area contributed by atoms with Gasteiger partial charge in [-0.2, -0.15) is 5.26 Å². The van der Waals surface area contributed by atoms with Crippen molar-refractivity contribution in [3.63, 3.8) is 0 Å². The Morgan fingerprint density at radius 2 is 2.27 bits per heavy atom. The second-order valence-corrected chi connectivity index (χ2v) is 2.67. The predicted octanol–water partition coefficient (Wildman–Crippen LogP) is 0.328. The molecule has 0 bridgehead atoms. The van der Waals surface area contributed by atoms with Gasteiger partial charge in [0.15, 0.2) is 0 Å². The Morgan fingerprint density at radius 3 is 2.64 bits per heavy atom. The van der Waals surface area contributed by atoms with Crippen LogP contribution in [0.4, 0.5) is 0 Å². The fourth-order valence-electron chi connectivity index (χ4n) is 0.372. The number of nitrogens with one attached hydrogen (secondary N) is 2. The van der Waals surface area contributed by atoms with E-state index in [9.17, 15) is 0 Å². The SMILES string of the molecule is CC(C)(C#N)N/C=C\C(=N)N. The normalized spacial score (nSPS) is 11.0. The Hall–Kier alpha value is -1.50. The zero-order valence-electron chi connectivity index (χ0n) is 6.68. The first-order chi connectivity index (χ1) is 4.98. The summed E-state index contributed by atoms with van der Waals surface area (Å²) < 4.78 is 0. The fourth-order valence-corrected chi connectivity index (χ4v) is 0.372. The van der Waals surface area contributed by atoms with Gasteiger partial charge in [0.05, 0.1) is 6.07 Å². The highest BCUT2D eigenvalue weighted by molar-refractivity contribution is 5.88. The van der Waals surface area contributed by atoms with E-state index < -0.39 is 5.54 Å². The molecule has 0 aromatic heterocycles. The van der Waals surface area contributed by atoms with Gasteiger partial charge in [-0.05, 0) is 19.9 Å². The second kappa shape index (κ2) is 3.62. The Balaban J connectivity index is 3.90. The number of nitriles is 1. The molecule has 0 unspecified atom stereocenters. The average molecular weight is 152 g/mol. The van der Waals surface area contributed by atoms with Gasteiger partial charge in [-0.25, -0.2) is 0 Å². The Kier molecular flexibility index (Phi) is 3.12. The molecular formula is C7H12N4. The van der Waals surface area contributed by atoms with Gasteiger partial charge in [-0.1, -0.05) is 0 Å². The molecule has 0 aliphatic carbocycles. The lowest BCUT2D eigenvalue weighted by atomic mass is 10.1. The first-order valence-electron chi connectivity index (χ1n) is 3.17. The number of amidine groups is 1. The third-order valence-corrected chi connectivity index (χ3v) is 0.987. The summed E-state index contributed by atoms with van der Waals surface area (Å²) in [6.07, 6.45) is 2.88. The molecule has 60 valence electrons. The number of nitrogens with two attached hydrogens (primary N) is 1. The van der Waals surface area contributed by atoms with Crippen LogP contribution in [0.1, 0.15) is 13.8 Å². The first kappa shape index (κ1) is 9.50. The largest absolute Gasteiger partial charge is 0.384 e. The van der Waals surface area contributed by atoms with Gasteiger partial charge in [-0.15, -0.1) is 0 Å². The van der Waals surface area contributed by atoms with Crippen molar-refractivity contribution in [3.8, 4) is 6.07 Å². The van der Waals surface area contributed by atoms with E-state index >= 15 is 0 Å². The van der Waals surface area contributed by atoms with Crippen LogP contribution in [-0.4, -0.2) is 11.4 Å². The minimum atomic E-state index is -0.605. The van der Waals surface area contributed by atoms with Crippen LogP contribution < -0.4 is 11.1 Å². The van der Waals surface area contributed by atoms with Crippen LogP contribution in [-0.2, 0) is 0 Å². The van der Waals surface area contributed by atoms with E-state index in [0.717, 1.165) is 0 Å². The molecule has 0 aromatic carbocycles. The molecule has 0 saturated carbocycles. The highest BCUT2D eigenvalue weighted by Gasteiger charge is 2.11. The van der Waals surface area contributed by atoms with Crippen LogP contribution in [0.5, 0.6) is 0 Å². The van der Waals surface area contributed by atoms with E-state index in [1.165, 1.54) is 12.3 Å². The van der Waals surface area contributed by atoms with Gasteiger partial charge in [0.2, 0.25) is 0 Å². The Morgan fingerprint density at radius 1 is 1.73 bits per heavy atom. The highest BCUT2D eigenvalue weighted by atomic mass is 14.9. The minimum Gasteiger partial charge on any atom is -0.384 e. The zero-order chi connectivity index (χ0) is 8.91. The summed E-state index contributed by atoms with van der Waals surface area (Å²) in [5.74, 6) is -0.0359. The highest BCUT2D eigenvalue weighted by Crippen LogP contribution is 1.97. The predicted molar refractivity (Wildman–Crippen MR) is 43.9 cm³/mol. The van der Waals surface area contributed by atoms with Gasteiger partial charge < -0.3 is 11.1 Å². The maximum atomic E-state index is 8.53. The van der Waals surface area contributed by atoms with Crippen LogP contribution >= 0.6 is 0 Å². The lowest BCUT2D eigenvalue weighted by molar-refractivity contribution is 0.567. The van der Waals surface area contributed by atoms with E-state index in [1.54, 1.807) is 13.8 Å². The van der Waals surface area contributed by atoms with Gasteiger partial charge in [0, 0.05) is 6.20 Å². The van der Waals surface area contributed by atoms with E-state index in [1.807, 2.05) is 6.07 Å². The van der Waals surface area contributed by atoms with E-state index in [-0.39, 0.29) is 5.84 Å². The van der Waals surface area contributed by atoms with Gasteiger partial charge in [-0.3, -0.25) is 5.41 Å². The maximum absolute atomic E-state index is 8.53. The van der Waals surface area contributed by atoms with E-state index in [0.29, 0.717) is 0 Å². The molecule has 0 aromatic rings. The standard InChI is InChI=1S/C7H12N4/c1-7(2,5-8)11-4-3-6(9)10/h3-4,11H,1-2H3,(H3,9,10)/b4-3-. The third-order valence-electron chi connectivity index (χ3n) is 0.987. The van der Waals surface area contributed by atoms with Gasteiger partial charge in [0.1, 0.15) is 11.4 Å². The van der Waals surface area contributed by atoms with Crippen LogP contribution in [0, 0.1) is 16.7 Å². The monoisotopic (exact) mass is 152 g/mol. The molecule has 0 fully saturated rings. The smallest absolute Gasteiger partial charge is 0.119 e. The summed E-state index contributed by atoms with van der Waals surface area (Å²) in [7, 11) is 0. The van der Waals surface area contributed by atoms with Gasteiger partial charge in [0.25, 0.3) is 0 Å². The van der Waals surface area contributed by atoms with Crippen molar-refractivity contribution in [3.05, 3.63) is 12.3 Å². The molecule has 0 spiro atoms.